The van der Waals surface area contributed by atoms with Crippen LogP contribution in [0.5, 0.6) is 5.88 Å². The molecular formula is C10H15ClN2O3. The summed E-state index contributed by atoms with van der Waals surface area (Å²) in [5.74, 6) is 0.273. The number of aliphatic hydroxyl groups excluding tert-OH is 1. The van der Waals surface area contributed by atoms with Crippen molar-refractivity contribution in [3.05, 3.63) is 11.8 Å². The van der Waals surface area contributed by atoms with E-state index in [2.05, 4.69) is 5.10 Å². The predicted octanol–water partition coefficient (Wildman–Crippen LogP) is 1.08. The maximum absolute atomic E-state index is 11.2. The highest BCUT2D eigenvalue weighted by Gasteiger charge is 2.11. The van der Waals surface area contributed by atoms with Gasteiger partial charge in [0.25, 0.3) is 0 Å². The van der Waals surface area contributed by atoms with Crippen molar-refractivity contribution >= 4 is 17.5 Å². The Labute approximate surface area is 99.0 Å². The number of ether oxygens (including phenoxy) is 1. The molecule has 6 heteroatoms. The van der Waals surface area contributed by atoms with E-state index in [9.17, 15) is 9.90 Å². The lowest BCUT2D eigenvalue weighted by molar-refractivity contribution is 0.0911. The molecule has 0 aliphatic heterocycles. The molecule has 0 aliphatic carbocycles. The van der Waals surface area contributed by atoms with E-state index in [1.54, 1.807) is 6.07 Å². The van der Waals surface area contributed by atoms with Gasteiger partial charge in [-0.2, -0.15) is 0 Å². The number of halogens is 1. The molecule has 16 heavy (non-hydrogen) atoms. The number of carbonyl (C=O) groups is 1. The van der Waals surface area contributed by atoms with Gasteiger partial charge in [0.1, 0.15) is 12.7 Å². The van der Waals surface area contributed by atoms with E-state index in [1.807, 2.05) is 6.92 Å². The lowest BCUT2D eigenvalue weighted by atomic mass is 10.3. The summed E-state index contributed by atoms with van der Waals surface area (Å²) in [6.07, 6.45) is -0.0391. The number of alkyl halides is 1. The molecule has 0 bridgehead atoms. The van der Waals surface area contributed by atoms with E-state index in [0.29, 0.717) is 12.3 Å². The molecule has 0 saturated heterocycles. The van der Waals surface area contributed by atoms with Crippen LogP contribution in [-0.2, 0) is 6.42 Å². The van der Waals surface area contributed by atoms with Crippen LogP contribution in [0.25, 0.3) is 0 Å². The summed E-state index contributed by atoms with van der Waals surface area (Å²) < 4.78 is 6.51. The molecule has 0 aromatic carbocycles. The summed E-state index contributed by atoms with van der Waals surface area (Å²) in [6, 6.07) is 1.68. The minimum atomic E-state index is -0.728. The number of carbonyl (C=O) groups excluding carboxylic acids is 1. The summed E-state index contributed by atoms with van der Waals surface area (Å²) in [7, 11) is 0. The SMILES string of the molecule is CCc1cc(OC[C@H](O)CCl)nn1C(C)=O. The fourth-order valence-electron chi connectivity index (χ4n) is 1.22. The Balaban J connectivity index is 2.71. The van der Waals surface area contributed by atoms with Crippen molar-refractivity contribution in [3.8, 4) is 5.88 Å². The van der Waals surface area contributed by atoms with Gasteiger partial charge in [0.2, 0.25) is 11.8 Å². The van der Waals surface area contributed by atoms with Gasteiger partial charge in [-0.15, -0.1) is 16.7 Å². The fraction of sp³-hybridized carbons (Fsp3) is 0.600. The van der Waals surface area contributed by atoms with Crippen molar-refractivity contribution in [3.63, 3.8) is 0 Å². The summed E-state index contributed by atoms with van der Waals surface area (Å²) in [5.41, 5.74) is 0.780. The third-order valence-corrected chi connectivity index (χ3v) is 2.38. The highest BCUT2D eigenvalue weighted by atomic mass is 35.5. The molecule has 1 rings (SSSR count). The van der Waals surface area contributed by atoms with E-state index in [1.165, 1.54) is 11.6 Å². The van der Waals surface area contributed by atoms with Gasteiger partial charge < -0.3 is 9.84 Å². The normalized spacial score (nSPS) is 12.5. The first-order valence-electron chi connectivity index (χ1n) is 5.05. The summed E-state index contributed by atoms with van der Waals surface area (Å²) in [6.45, 7) is 3.43. The van der Waals surface area contributed by atoms with Gasteiger partial charge in [0, 0.05) is 13.0 Å². The topological polar surface area (TPSA) is 64.3 Å². The molecule has 5 nitrogen and oxygen atoms in total. The van der Waals surface area contributed by atoms with Crippen molar-refractivity contribution in [2.75, 3.05) is 12.5 Å². The third kappa shape index (κ3) is 3.21. The molecule has 1 atom stereocenters. The Morgan fingerprint density at radius 3 is 2.88 bits per heavy atom. The van der Waals surface area contributed by atoms with Gasteiger partial charge in [-0.05, 0) is 6.42 Å². The number of aliphatic hydroxyl groups is 1. The van der Waals surface area contributed by atoms with Gasteiger partial charge >= 0.3 is 0 Å². The van der Waals surface area contributed by atoms with Crippen LogP contribution < -0.4 is 4.74 Å². The Bertz CT molecular complexity index is 365. The zero-order valence-corrected chi connectivity index (χ0v) is 10.1. The van der Waals surface area contributed by atoms with Crippen molar-refractivity contribution in [1.82, 2.24) is 9.78 Å². The van der Waals surface area contributed by atoms with Crippen molar-refractivity contribution in [2.24, 2.45) is 0 Å². The fourth-order valence-corrected chi connectivity index (χ4v) is 1.31. The largest absolute Gasteiger partial charge is 0.474 e. The molecule has 1 aromatic rings. The van der Waals surface area contributed by atoms with E-state index in [4.69, 9.17) is 16.3 Å². The molecule has 0 spiro atoms. The van der Waals surface area contributed by atoms with Crippen LogP contribution in [0, 0.1) is 0 Å². The van der Waals surface area contributed by atoms with E-state index in [0.717, 1.165) is 5.69 Å². The lowest BCUT2D eigenvalue weighted by Gasteiger charge is -2.06. The number of hydrogen-bond acceptors (Lipinski definition) is 4. The molecule has 0 aliphatic rings. The first kappa shape index (κ1) is 13.0. The lowest BCUT2D eigenvalue weighted by Crippen LogP contribution is -2.19. The smallest absolute Gasteiger partial charge is 0.244 e. The first-order valence-corrected chi connectivity index (χ1v) is 5.58. The van der Waals surface area contributed by atoms with Gasteiger partial charge in [-0.3, -0.25) is 4.79 Å². The zero-order valence-electron chi connectivity index (χ0n) is 9.31. The van der Waals surface area contributed by atoms with Gasteiger partial charge in [0.05, 0.1) is 11.6 Å². The first-order chi connectivity index (χ1) is 7.58. The molecule has 1 aromatic heterocycles. The molecular weight excluding hydrogens is 232 g/mol. The van der Waals surface area contributed by atoms with Crippen LogP contribution in [-0.4, -0.2) is 39.4 Å². The summed E-state index contributed by atoms with van der Waals surface area (Å²) >= 11 is 5.42. The van der Waals surface area contributed by atoms with Crippen molar-refractivity contribution in [1.29, 1.82) is 0 Å². The highest BCUT2D eigenvalue weighted by Crippen LogP contribution is 2.13. The second-order valence-corrected chi connectivity index (χ2v) is 3.69. The van der Waals surface area contributed by atoms with Crippen LogP contribution in [0.4, 0.5) is 0 Å². The molecule has 90 valence electrons. The van der Waals surface area contributed by atoms with Crippen molar-refractivity contribution < 1.29 is 14.6 Å². The molecule has 0 saturated carbocycles. The molecule has 0 radical (unpaired) electrons. The molecule has 0 fully saturated rings. The second kappa shape index (κ2) is 5.86. The summed E-state index contributed by atoms with van der Waals surface area (Å²) in [5, 5.41) is 13.2. The monoisotopic (exact) mass is 246 g/mol. The maximum Gasteiger partial charge on any atom is 0.244 e. The van der Waals surface area contributed by atoms with Gasteiger partial charge in [0.15, 0.2) is 0 Å². The van der Waals surface area contributed by atoms with E-state index >= 15 is 0 Å². The number of hydrogen-bond donors (Lipinski definition) is 1. The highest BCUT2D eigenvalue weighted by molar-refractivity contribution is 6.18. The van der Waals surface area contributed by atoms with Crippen LogP contribution in [0.15, 0.2) is 6.07 Å². The number of aromatic nitrogens is 2. The predicted molar refractivity (Wildman–Crippen MR) is 60.1 cm³/mol. The minimum absolute atomic E-state index is 0.0710. The number of rotatable bonds is 5. The number of nitrogens with zero attached hydrogens (tertiary/aromatic N) is 2. The van der Waals surface area contributed by atoms with Crippen LogP contribution in [0.2, 0.25) is 0 Å². The number of aryl methyl sites for hydroxylation is 1. The Kier molecular flexibility index (Phi) is 4.76. The molecule has 1 heterocycles. The minimum Gasteiger partial charge on any atom is -0.474 e. The van der Waals surface area contributed by atoms with Gasteiger partial charge in [-0.25, -0.2) is 4.68 Å². The molecule has 0 amide bonds. The van der Waals surface area contributed by atoms with Crippen LogP contribution >= 0.6 is 11.6 Å². The van der Waals surface area contributed by atoms with E-state index < -0.39 is 6.10 Å². The second-order valence-electron chi connectivity index (χ2n) is 3.38. The van der Waals surface area contributed by atoms with Crippen molar-refractivity contribution in [2.45, 2.75) is 26.4 Å². The molecule has 0 unspecified atom stereocenters. The standard InChI is InChI=1S/C10H15ClN2O3/c1-3-8-4-10(12-13(8)7(2)14)16-6-9(15)5-11/h4,9,15H,3,5-6H2,1-2H3/t9-/m1/s1. The zero-order chi connectivity index (χ0) is 12.1. The quantitative estimate of drug-likeness (QED) is 0.790. The Morgan fingerprint density at radius 1 is 1.75 bits per heavy atom. The average molecular weight is 247 g/mol. The third-order valence-electron chi connectivity index (χ3n) is 2.02. The van der Waals surface area contributed by atoms with Gasteiger partial charge in [-0.1, -0.05) is 6.92 Å². The van der Waals surface area contributed by atoms with Crippen LogP contribution in [0.3, 0.4) is 0 Å². The summed E-state index contributed by atoms with van der Waals surface area (Å²) in [4.78, 5) is 11.2. The van der Waals surface area contributed by atoms with Crippen LogP contribution in [0.1, 0.15) is 24.3 Å². The maximum atomic E-state index is 11.2. The average Bonchev–Trinajstić information content (AvgIpc) is 2.69. The molecule has 1 N–H and O–H groups in total. The Hall–Kier alpha value is -1.07. The van der Waals surface area contributed by atoms with E-state index in [-0.39, 0.29) is 18.4 Å². The Morgan fingerprint density at radius 2 is 2.44 bits per heavy atom.